The molecule has 0 aliphatic carbocycles. The monoisotopic (exact) mass is 378 g/mol. The van der Waals surface area contributed by atoms with Crippen molar-refractivity contribution in [3.63, 3.8) is 0 Å². The maximum atomic E-state index is 5.09. The second-order valence-corrected chi connectivity index (χ2v) is 9.28. The molecule has 0 N–H and O–H groups in total. The van der Waals surface area contributed by atoms with E-state index in [2.05, 4.69) is 59.0 Å². The predicted octanol–water partition coefficient (Wildman–Crippen LogP) is 4.58. The molecule has 0 saturated carbocycles. The molecule has 2 aromatic rings. The van der Waals surface area contributed by atoms with Crippen molar-refractivity contribution >= 4 is 22.6 Å². The molecule has 0 amide bonds. The highest BCUT2D eigenvalue weighted by Gasteiger charge is 2.43. The molecule has 3 aliphatic rings. The molecule has 0 unspecified atom stereocenters. The summed E-state index contributed by atoms with van der Waals surface area (Å²) in [7, 11) is 0. The summed E-state index contributed by atoms with van der Waals surface area (Å²) >= 11 is 1.90. The Morgan fingerprint density at radius 3 is 2.70 bits per heavy atom. The maximum Gasteiger partial charge on any atom is 0.160 e. The first kappa shape index (κ1) is 17.1. The minimum absolute atomic E-state index is 0.0817. The summed E-state index contributed by atoms with van der Waals surface area (Å²) in [4.78, 5) is 14.8. The predicted molar refractivity (Wildman–Crippen MR) is 114 cm³/mol. The van der Waals surface area contributed by atoms with Crippen LogP contribution >= 0.6 is 11.8 Å². The van der Waals surface area contributed by atoms with Gasteiger partial charge in [-0.2, -0.15) is 0 Å². The van der Waals surface area contributed by atoms with Crippen LogP contribution in [-0.4, -0.2) is 39.9 Å². The molecular weight excluding hydrogens is 352 g/mol. The fourth-order valence-electron chi connectivity index (χ4n) is 4.65. The number of rotatable bonds is 3. The van der Waals surface area contributed by atoms with Crippen molar-refractivity contribution in [2.75, 3.05) is 24.5 Å². The number of nitrogens with zero attached hydrogens (tertiary/aromatic N) is 4. The Balaban J connectivity index is 1.52. The quantitative estimate of drug-likeness (QED) is 0.782. The van der Waals surface area contributed by atoms with Gasteiger partial charge in [-0.25, -0.2) is 0 Å². The lowest BCUT2D eigenvalue weighted by Gasteiger charge is -2.29. The van der Waals surface area contributed by atoms with E-state index in [0.717, 1.165) is 12.2 Å². The first-order valence-corrected chi connectivity index (χ1v) is 10.9. The lowest BCUT2D eigenvalue weighted by Crippen LogP contribution is -2.28. The number of aromatic nitrogens is 1. The van der Waals surface area contributed by atoms with Gasteiger partial charge in [-0.05, 0) is 49.1 Å². The van der Waals surface area contributed by atoms with Crippen molar-refractivity contribution in [1.82, 2.24) is 9.88 Å². The number of pyridine rings is 1. The van der Waals surface area contributed by atoms with Crippen molar-refractivity contribution < 1.29 is 0 Å². The number of amidine groups is 1. The number of fused-ring (bicyclic) bond motifs is 1. The Morgan fingerprint density at radius 1 is 1.11 bits per heavy atom. The molecule has 2 fully saturated rings. The molecule has 4 heterocycles. The lowest BCUT2D eigenvalue weighted by atomic mass is 9.94. The average Bonchev–Trinajstić information content (AvgIpc) is 3.38. The highest BCUT2D eigenvalue weighted by Crippen LogP contribution is 2.48. The zero-order valence-electron chi connectivity index (χ0n) is 16.0. The molecule has 4 nitrogen and oxygen atoms in total. The molecule has 1 aromatic heterocycles. The van der Waals surface area contributed by atoms with Gasteiger partial charge in [-0.1, -0.05) is 36.9 Å². The maximum absolute atomic E-state index is 5.09. The summed E-state index contributed by atoms with van der Waals surface area (Å²) in [6, 6.07) is 13.5. The molecule has 0 radical (unpaired) electrons. The number of hydrogen-bond donors (Lipinski definition) is 0. The second kappa shape index (κ2) is 6.86. The van der Waals surface area contributed by atoms with Crippen molar-refractivity contribution in [2.45, 2.75) is 44.0 Å². The van der Waals surface area contributed by atoms with E-state index >= 15 is 0 Å². The smallest absolute Gasteiger partial charge is 0.160 e. The summed E-state index contributed by atoms with van der Waals surface area (Å²) in [6.45, 7) is 7.98. The van der Waals surface area contributed by atoms with Gasteiger partial charge < -0.3 is 9.80 Å². The average molecular weight is 379 g/mol. The molecule has 0 spiro atoms. The van der Waals surface area contributed by atoms with Gasteiger partial charge in [0.05, 0.1) is 11.7 Å². The molecule has 0 bridgehead atoms. The second-order valence-electron chi connectivity index (χ2n) is 7.88. The molecule has 5 rings (SSSR count). The van der Waals surface area contributed by atoms with E-state index < -0.39 is 0 Å². The molecule has 3 aliphatic heterocycles. The van der Waals surface area contributed by atoms with Gasteiger partial charge >= 0.3 is 0 Å². The van der Waals surface area contributed by atoms with Crippen LogP contribution in [0.5, 0.6) is 0 Å². The first-order chi connectivity index (χ1) is 13.2. The van der Waals surface area contributed by atoms with Crippen molar-refractivity contribution in [2.24, 2.45) is 4.99 Å². The summed E-state index contributed by atoms with van der Waals surface area (Å²) in [5.74, 6) is 0. The molecule has 140 valence electrons. The van der Waals surface area contributed by atoms with Gasteiger partial charge in [-0.3, -0.25) is 9.98 Å². The fraction of sp³-hybridized carbons (Fsp3) is 0.455. The van der Waals surface area contributed by atoms with E-state index in [1.807, 2.05) is 24.0 Å². The summed E-state index contributed by atoms with van der Waals surface area (Å²) in [5, 5.41) is 1.78. The van der Waals surface area contributed by atoms with E-state index in [9.17, 15) is 0 Å². The van der Waals surface area contributed by atoms with Crippen LogP contribution in [0.15, 0.2) is 47.6 Å². The van der Waals surface area contributed by atoms with E-state index in [4.69, 9.17) is 4.99 Å². The number of anilines is 1. The minimum atomic E-state index is 0.0817. The van der Waals surface area contributed by atoms with Crippen molar-refractivity contribution in [1.29, 1.82) is 0 Å². The summed E-state index contributed by atoms with van der Waals surface area (Å²) < 4.78 is 0. The Kier molecular flexibility index (Phi) is 4.35. The van der Waals surface area contributed by atoms with E-state index in [0.29, 0.717) is 5.25 Å². The van der Waals surface area contributed by atoms with Crippen LogP contribution in [0.1, 0.15) is 48.7 Å². The van der Waals surface area contributed by atoms with E-state index in [-0.39, 0.29) is 12.1 Å². The van der Waals surface area contributed by atoms with Gasteiger partial charge in [0, 0.05) is 36.8 Å². The van der Waals surface area contributed by atoms with Gasteiger partial charge in [0.2, 0.25) is 0 Å². The molecule has 5 heteroatoms. The SMILES string of the molecule is Cc1cc([C@@H]2[C@@H](c3ccccn3)N=C3S[C@H](C)CN32)ccc1N1CCCC1. The third-order valence-corrected chi connectivity index (χ3v) is 6.99. The first-order valence-electron chi connectivity index (χ1n) is 9.98. The van der Waals surface area contributed by atoms with Crippen molar-refractivity contribution in [3.05, 3.63) is 59.4 Å². The van der Waals surface area contributed by atoms with Gasteiger partial charge in [-0.15, -0.1) is 0 Å². The van der Waals surface area contributed by atoms with Gasteiger partial charge in [0.25, 0.3) is 0 Å². The zero-order valence-corrected chi connectivity index (χ0v) is 16.8. The molecule has 2 saturated heterocycles. The zero-order chi connectivity index (χ0) is 18.4. The van der Waals surface area contributed by atoms with Crippen LogP contribution < -0.4 is 4.90 Å². The Hall–Kier alpha value is -2.01. The highest BCUT2D eigenvalue weighted by atomic mass is 32.2. The fourth-order valence-corrected chi connectivity index (χ4v) is 5.75. The summed E-state index contributed by atoms with van der Waals surface area (Å²) in [5.41, 5.74) is 5.20. The van der Waals surface area contributed by atoms with Gasteiger partial charge in [0.1, 0.15) is 6.04 Å². The highest BCUT2D eigenvalue weighted by molar-refractivity contribution is 8.14. The van der Waals surface area contributed by atoms with Crippen LogP contribution in [0, 0.1) is 6.92 Å². The van der Waals surface area contributed by atoms with Gasteiger partial charge in [0.15, 0.2) is 5.17 Å². The largest absolute Gasteiger partial charge is 0.371 e. The van der Waals surface area contributed by atoms with Crippen LogP contribution in [0.2, 0.25) is 0 Å². The molecule has 3 atom stereocenters. The standard InChI is InChI=1S/C22H26N4S/c1-15-13-17(8-9-19(15)25-11-5-6-12-25)21-20(18-7-3-4-10-23-18)24-22-26(21)14-16(2)27-22/h3-4,7-10,13,16,20-21H,5-6,11-12,14H2,1-2H3/t16-,20-,21-/m1/s1. The third kappa shape index (κ3) is 3.02. The van der Waals surface area contributed by atoms with Crippen LogP contribution in [-0.2, 0) is 0 Å². The van der Waals surface area contributed by atoms with E-state index in [1.165, 1.54) is 47.9 Å². The molecular formula is C22H26N4S. The number of aliphatic imine (C=N–C) groups is 1. The number of benzene rings is 1. The Bertz CT molecular complexity index is 860. The Labute approximate surface area is 165 Å². The third-order valence-electron chi connectivity index (χ3n) is 5.89. The number of aryl methyl sites for hydroxylation is 1. The topological polar surface area (TPSA) is 31.7 Å². The molecule has 1 aromatic carbocycles. The number of thioether (sulfide) groups is 1. The van der Waals surface area contributed by atoms with E-state index in [1.54, 1.807) is 0 Å². The summed E-state index contributed by atoms with van der Waals surface area (Å²) in [6.07, 6.45) is 4.50. The number of hydrogen-bond acceptors (Lipinski definition) is 5. The van der Waals surface area contributed by atoms with Crippen LogP contribution in [0.4, 0.5) is 5.69 Å². The van der Waals surface area contributed by atoms with Crippen LogP contribution in [0.25, 0.3) is 0 Å². The normalized spacial score (nSPS) is 27.2. The molecule has 27 heavy (non-hydrogen) atoms. The Morgan fingerprint density at radius 2 is 1.96 bits per heavy atom. The van der Waals surface area contributed by atoms with Crippen molar-refractivity contribution in [3.8, 4) is 0 Å². The van der Waals surface area contributed by atoms with Crippen LogP contribution in [0.3, 0.4) is 0 Å². The minimum Gasteiger partial charge on any atom is -0.371 e. The lowest BCUT2D eigenvalue weighted by molar-refractivity contribution is 0.321.